The van der Waals surface area contributed by atoms with Gasteiger partial charge in [0.1, 0.15) is 11.6 Å². The zero-order chi connectivity index (χ0) is 22.3. The van der Waals surface area contributed by atoms with Gasteiger partial charge in [-0.05, 0) is 38.4 Å². The van der Waals surface area contributed by atoms with E-state index < -0.39 is 6.36 Å². The second-order valence-corrected chi connectivity index (χ2v) is 6.94. The molecule has 0 bridgehead atoms. The summed E-state index contributed by atoms with van der Waals surface area (Å²) in [6, 6.07) is 13.0. The number of likely N-dealkylation sites (N-methyl/N-ethyl adjacent to an activating group) is 1. The summed E-state index contributed by atoms with van der Waals surface area (Å²) in [6.45, 7) is 1.80. The van der Waals surface area contributed by atoms with E-state index in [1.54, 1.807) is 18.3 Å². The Balaban J connectivity index is 1.86. The molecule has 0 aliphatic rings. The molecule has 3 aromatic rings. The lowest BCUT2D eigenvalue weighted by Gasteiger charge is -2.14. The number of alkyl halides is 3. The van der Waals surface area contributed by atoms with Crippen LogP contribution >= 0.6 is 0 Å². The lowest BCUT2D eigenvalue weighted by molar-refractivity contribution is -0.274. The summed E-state index contributed by atoms with van der Waals surface area (Å²) in [5, 5.41) is 6.34. The smallest absolute Gasteiger partial charge is 0.406 e. The van der Waals surface area contributed by atoms with Crippen molar-refractivity contribution in [3.8, 4) is 17.0 Å². The molecular formula is C21H23F3N6O. The van der Waals surface area contributed by atoms with E-state index in [0.717, 1.165) is 12.2 Å². The lowest BCUT2D eigenvalue weighted by atomic mass is 10.1. The molecule has 0 amide bonds. The van der Waals surface area contributed by atoms with Crippen LogP contribution in [0.3, 0.4) is 0 Å². The molecule has 0 radical (unpaired) electrons. The molecule has 1 aromatic carbocycles. The predicted octanol–water partition coefficient (Wildman–Crippen LogP) is 4.02. The van der Waals surface area contributed by atoms with Crippen molar-refractivity contribution >= 4 is 11.8 Å². The minimum Gasteiger partial charge on any atom is -0.406 e. The van der Waals surface area contributed by atoms with Crippen LogP contribution in [0.2, 0.25) is 0 Å². The zero-order valence-electron chi connectivity index (χ0n) is 17.1. The van der Waals surface area contributed by atoms with Gasteiger partial charge in [-0.15, -0.1) is 13.2 Å². The van der Waals surface area contributed by atoms with Gasteiger partial charge in [0.25, 0.3) is 0 Å². The molecule has 0 aliphatic heterocycles. The van der Waals surface area contributed by atoms with E-state index in [1.807, 2.05) is 37.2 Å². The maximum absolute atomic E-state index is 12.6. The maximum atomic E-state index is 12.6. The normalized spacial score (nSPS) is 11.4. The Morgan fingerprint density at radius 2 is 1.84 bits per heavy atom. The number of anilines is 2. The summed E-state index contributed by atoms with van der Waals surface area (Å²) in [4.78, 5) is 15.2. The number of hydrogen-bond donors (Lipinski definition) is 2. The third kappa shape index (κ3) is 7.41. The van der Waals surface area contributed by atoms with E-state index in [2.05, 4.69) is 30.3 Å². The minimum absolute atomic E-state index is 0.311. The Labute approximate surface area is 178 Å². The monoisotopic (exact) mass is 432 g/mol. The standard InChI is InChI=1S/C21H23F3N6O/c1-30(2)11-10-26-20-28-18(15-6-5-8-17(12-15)31-21(22,23)24)13-19(29-20)27-14-16-7-3-4-9-25-16/h3-9,12-13H,10-11,14H2,1-2H3,(H2,26,27,28,29). The van der Waals surface area contributed by atoms with Gasteiger partial charge in [-0.1, -0.05) is 18.2 Å². The summed E-state index contributed by atoms with van der Waals surface area (Å²) in [6.07, 6.45) is -3.07. The largest absolute Gasteiger partial charge is 0.573 e. The van der Waals surface area contributed by atoms with Gasteiger partial charge in [0.05, 0.1) is 17.9 Å². The highest BCUT2D eigenvalue weighted by atomic mass is 19.4. The molecule has 7 nitrogen and oxygen atoms in total. The van der Waals surface area contributed by atoms with Crippen molar-refractivity contribution in [1.82, 2.24) is 19.9 Å². The van der Waals surface area contributed by atoms with Crippen LogP contribution in [0, 0.1) is 0 Å². The molecule has 2 aromatic heterocycles. The third-order valence-corrected chi connectivity index (χ3v) is 4.11. The van der Waals surface area contributed by atoms with Gasteiger partial charge in [-0.25, -0.2) is 4.98 Å². The first kappa shape index (κ1) is 22.3. The number of ether oxygens (including phenoxy) is 1. The van der Waals surface area contributed by atoms with Crippen LogP contribution in [0.15, 0.2) is 54.7 Å². The molecular weight excluding hydrogens is 409 g/mol. The van der Waals surface area contributed by atoms with E-state index in [4.69, 9.17) is 0 Å². The summed E-state index contributed by atoms with van der Waals surface area (Å²) in [5.41, 5.74) is 1.75. The van der Waals surface area contributed by atoms with Crippen LogP contribution in [0.1, 0.15) is 5.69 Å². The maximum Gasteiger partial charge on any atom is 0.573 e. The van der Waals surface area contributed by atoms with E-state index in [0.29, 0.717) is 36.1 Å². The number of rotatable bonds is 9. The Morgan fingerprint density at radius 3 is 2.55 bits per heavy atom. The van der Waals surface area contributed by atoms with Crippen molar-refractivity contribution in [2.45, 2.75) is 12.9 Å². The second-order valence-electron chi connectivity index (χ2n) is 6.94. The van der Waals surface area contributed by atoms with Crippen LogP contribution < -0.4 is 15.4 Å². The third-order valence-electron chi connectivity index (χ3n) is 4.11. The van der Waals surface area contributed by atoms with Gasteiger partial charge in [0, 0.05) is 30.9 Å². The first-order valence-electron chi connectivity index (χ1n) is 9.56. The summed E-state index contributed by atoms with van der Waals surface area (Å²) >= 11 is 0. The zero-order valence-corrected chi connectivity index (χ0v) is 17.1. The molecule has 0 saturated carbocycles. The molecule has 0 saturated heterocycles. The van der Waals surface area contributed by atoms with Crippen LogP contribution in [0.4, 0.5) is 24.9 Å². The van der Waals surface area contributed by atoms with Gasteiger partial charge in [0.15, 0.2) is 0 Å². The molecule has 3 rings (SSSR count). The molecule has 0 fully saturated rings. The van der Waals surface area contributed by atoms with Crippen molar-refractivity contribution in [3.63, 3.8) is 0 Å². The molecule has 31 heavy (non-hydrogen) atoms. The predicted molar refractivity (Wildman–Crippen MR) is 113 cm³/mol. The van der Waals surface area contributed by atoms with Gasteiger partial charge in [0.2, 0.25) is 5.95 Å². The fourth-order valence-corrected chi connectivity index (χ4v) is 2.69. The number of nitrogens with zero attached hydrogens (tertiary/aromatic N) is 4. The highest BCUT2D eigenvalue weighted by molar-refractivity contribution is 5.66. The van der Waals surface area contributed by atoms with E-state index in [-0.39, 0.29) is 5.75 Å². The Morgan fingerprint density at radius 1 is 1.00 bits per heavy atom. The molecule has 0 atom stereocenters. The van der Waals surface area contributed by atoms with Gasteiger partial charge < -0.3 is 20.3 Å². The van der Waals surface area contributed by atoms with Gasteiger partial charge in [-0.3, -0.25) is 4.98 Å². The quantitative estimate of drug-likeness (QED) is 0.529. The Bertz CT molecular complexity index is 982. The lowest BCUT2D eigenvalue weighted by Crippen LogP contribution is -2.21. The minimum atomic E-state index is -4.77. The molecule has 2 N–H and O–H groups in total. The highest BCUT2D eigenvalue weighted by Crippen LogP contribution is 2.28. The number of benzene rings is 1. The number of aromatic nitrogens is 3. The topological polar surface area (TPSA) is 75.2 Å². The fourth-order valence-electron chi connectivity index (χ4n) is 2.69. The number of pyridine rings is 1. The summed E-state index contributed by atoms with van der Waals surface area (Å²) in [5.74, 6) is 0.573. The second kappa shape index (κ2) is 10.1. The average molecular weight is 432 g/mol. The van der Waals surface area contributed by atoms with Crippen LogP contribution in [0.25, 0.3) is 11.3 Å². The van der Waals surface area contributed by atoms with Crippen molar-refractivity contribution < 1.29 is 17.9 Å². The Hall–Kier alpha value is -3.40. The van der Waals surface area contributed by atoms with Crippen molar-refractivity contribution in [1.29, 1.82) is 0 Å². The molecule has 0 unspecified atom stereocenters. The Kier molecular flexibility index (Phi) is 7.24. The summed E-state index contributed by atoms with van der Waals surface area (Å²) in [7, 11) is 3.90. The van der Waals surface area contributed by atoms with Crippen LogP contribution in [-0.4, -0.2) is 53.4 Å². The van der Waals surface area contributed by atoms with Crippen molar-refractivity contribution in [3.05, 3.63) is 60.4 Å². The van der Waals surface area contributed by atoms with Gasteiger partial charge in [-0.2, -0.15) is 4.98 Å². The van der Waals surface area contributed by atoms with E-state index >= 15 is 0 Å². The number of nitrogens with one attached hydrogen (secondary N) is 2. The molecule has 0 spiro atoms. The van der Waals surface area contributed by atoms with Gasteiger partial charge >= 0.3 is 6.36 Å². The molecule has 0 aliphatic carbocycles. The van der Waals surface area contributed by atoms with Crippen LogP contribution in [-0.2, 0) is 6.54 Å². The number of hydrogen-bond acceptors (Lipinski definition) is 7. The molecule has 164 valence electrons. The highest BCUT2D eigenvalue weighted by Gasteiger charge is 2.31. The average Bonchev–Trinajstić information content (AvgIpc) is 2.72. The number of halogens is 3. The summed E-state index contributed by atoms with van der Waals surface area (Å²) < 4.78 is 41.8. The SMILES string of the molecule is CN(C)CCNc1nc(NCc2ccccn2)cc(-c2cccc(OC(F)(F)F)c2)n1. The first-order valence-corrected chi connectivity index (χ1v) is 9.56. The van der Waals surface area contributed by atoms with Crippen molar-refractivity contribution in [2.75, 3.05) is 37.8 Å². The van der Waals surface area contributed by atoms with Crippen LogP contribution in [0.5, 0.6) is 5.75 Å². The fraction of sp³-hybridized carbons (Fsp3) is 0.286. The first-order chi connectivity index (χ1) is 14.8. The van der Waals surface area contributed by atoms with E-state index in [9.17, 15) is 13.2 Å². The molecule has 10 heteroatoms. The molecule has 2 heterocycles. The van der Waals surface area contributed by atoms with E-state index in [1.165, 1.54) is 18.2 Å². The van der Waals surface area contributed by atoms with Crippen molar-refractivity contribution in [2.24, 2.45) is 0 Å².